The van der Waals surface area contributed by atoms with Crippen molar-refractivity contribution in [2.45, 2.75) is 5.03 Å². The van der Waals surface area contributed by atoms with Crippen LogP contribution >= 0.6 is 22.9 Å². The first-order chi connectivity index (χ1) is 4.77. The van der Waals surface area contributed by atoms with Gasteiger partial charge < -0.3 is 9.87 Å². The van der Waals surface area contributed by atoms with E-state index in [0.717, 1.165) is 0 Å². The summed E-state index contributed by atoms with van der Waals surface area (Å²) in [7, 11) is 1.73. The van der Waals surface area contributed by atoms with Gasteiger partial charge in [0.05, 0.1) is 0 Å². The minimum atomic E-state index is -1.39. The Hall–Kier alpha value is -0.330. The van der Waals surface area contributed by atoms with Crippen LogP contribution in [0.2, 0.25) is 0 Å². The van der Waals surface area contributed by atoms with Crippen LogP contribution in [-0.4, -0.2) is 26.6 Å². The first-order valence-electron chi connectivity index (χ1n) is 2.59. The second kappa shape index (κ2) is 3.18. The first kappa shape index (κ1) is 7.77. The molecule has 0 radical (unpaired) electrons. The van der Waals surface area contributed by atoms with Crippen molar-refractivity contribution in [3.8, 4) is 0 Å². The van der Waals surface area contributed by atoms with Gasteiger partial charge in [0, 0.05) is 11.4 Å². The third kappa shape index (κ3) is 1.39. The van der Waals surface area contributed by atoms with Crippen molar-refractivity contribution in [3.05, 3.63) is 0 Å². The van der Waals surface area contributed by atoms with Gasteiger partial charge in [0.25, 0.3) is 0 Å². The molecule has 10 heavy (non-hydrogen) atoms. The zero-order valence-corrected chi connectivity index (χ0v) is 7.25. The molecular weight excluding hydrogens is 170 g/mol. The fourth-order valence-electron chi connectivity index (χ4n) is 0.538. The van der Waals surface area contributed by atoms with E-state index in [1.165, 1.54) is 11.8 Å². The van der Waals surface area contributed by atoms with Crippen molar-refractivity contribution in [1.29, 1.82) is 0 Å². The van der Waals surface area contributed by atoms with Crippen LogP contribution in [0.15, 0.2) is 5.03 Å². The molecule has 0 aliphatic carbocycles. The van der Waals surface area contributed by atoms with Crippen molar-refractivity contribution in [3.63, 3.8) is 0 Å². The molecule has 0 spiro atoms. The van der Waals surface area contributed by atoms with Crippen molar-refractivity contribution in [1.82, 2.24) is 8.75 Å². The Kier molecular flexibility index (Phi) is 2.47. The minimum Gasteiger partial charge on any atom is -0.546 e. The lowest BCUT2D eigenvalue weighted by Crippen LogP contribution is -1.88. The molecule has 0 aliphatic heterocycles. The number of hydrogen-bond donors (Lipinski definition) is 1. The average Bonchev–Trinajstić information content (AvgIpc) is 2.30. The summed E-state index contributed by atoms with van der Waals surface area (Å²) >= 11 is 0.0423. The van der Waals surface area contributed by atoms with E-state index in [9.17, 15) is 4.55 Å². The van der Waals surface area contributed by atoms with E-state index in [-0.39, 0.29) is 0 Å². The molecule has 4 nitrogen and oxygen atoms in total. The maximum atomic E-state index is 10.7. The summed E-state index contributed by atoms with van der Waals surface area (Å²) in [6, 6.07) is 0. The van der Waals surface area contributed by atoms with Gasteiger partial charge >= 0.3 is 0 Å². The Morgan fingerprint density at radius 1 is 1.60 bits per heavy atom. The van der Waals surface area contributed by atoms with E-state index in [1.807, 2.05) is 6.26 Å². The second-order valence-corrected chi connectivity index (χ2v) is 3.14. The van der Waals surface area contributed by atoms with E-state index in [1.54, 1.807) is 7.05 Å². The third-order valence-electron chi connectivity index (χ3n) is 0.963. The predicted molar refractivity (Wildman–Crippen MR) is 42.0 cm³/mol. The van der Waals surface area contributed by atoms with E-state index >= 15 is 0 Å². The molecule has 0 saturated heterocycles. The smallest absolute Gasteiger partial charge is 0.222 e. The molecule has 1 rings (SSSR count). The molecule has 0 aliphatic rings. The summed E-state index contributed by atoms with van der Waals surface area (Å²) in [4.78, 5) is 0. The normalized spacial score (nSPS) is 11.7. The van der Waals surface area contributed by atoms with E-state index < -0.39 is 11.1 Å². The summed E-state index contributed by atoms with van der Waals surface area (Å²) in [5, 5.41) is 3.51. The van der Waals surface area contributed by atoms with Gasteiger partial charge in [-0.05, 0) is 10.6 Å². The van der Waals surface area contributed by atoms with E-state index in [4.69, 9.17) is 0 Å². The topological polar surface area (TPSA) is 60.9 Å². The van der Waals surface area contributed by atoms with Crippen LogP contribution < -0.4 is 5.32 Å². The molecule has 1 aromatic rings. The van der Waals surface area contributed by atoms with Crippen LogP contribution in [0.5, 0.6) is 0 Å². The number of anilines is 1. The Morgan fingerprint density at radius 3 is 2.70 bits per heavy atom. The van der Waals surface area contributed by atoms with Crippen molar-refractivity contribution in [2.75, 3.05) is 18.6 Å². The maximum Gasteiger partial charge on any atom is 0.222 e. The number of nitrogens with one attached hydrogen (secondary N) is 1. The molecule has 1 aromatic heterocycles. The van der Waals surface area contributed by atoms with Gasteiger partial charge in [-0.3, -0.25) is 0 Å². The van der Waals surface area contributed by atoms with Crippen LogP contribution in [-0.2, 0) is 0 Å². The molecule has 1 atom stereocenters. The van der Waals surface area contributed by atoms with Crippen molar-refractivity contribution < 1.29 is 4.55 Å². The molecule has 1 unspecified atom stereocenters. The third-order valence-corrected chi connectivity index (χ3v) is 2.43. The van der Waals surface area contributed by atoms with Gasteiger partial charge in [0.1, 0.15) is 0 Å². The van der Waals surface area contributed by atoms with Crippen LogP contribution in [0.4, 0.5) is 5.82 Å². The highest BCUT2D eigenvalue weighted by Crippen LogP contribution is 2.24. The monoisotopic (exact) mass is 177 g/mol. The Bertz CT molecular complexity index is 203. The van der Waals surface area contributed by atoms with Gasteiger partial charge in [0.15, 0.2) is 11.1 Å². The van der Waals surface area contributed by atoms with Gasteiger partial charge in [-0.1, -0.05) is 0 Å². The summed E-state index contributed by atoms with van der Waals surface area (Å²) in [5.74, 6) is 0.617. The Balaban J connectivity index is 2.96. The Morgan fingerprint density at radius 2 is 2.30 bits per heavy atom. The molecule has 1 heterocycles. The Labute approximate surface area is 66.2 Å². The van der Waals surface area contributed by atoms with Gasteiger partial charge in [-0.2, -0.15) is 0 Å². The average molecular weight is 177 g/mol. The zero-order chi connectivity index (χ0) is 7.56. The highest BCUT2D eigenvalue weighted by atomic mass is 32.2. The lowest BCUT2D eigenvalue weighted by atomic mass is 10.7. The largest absolute Gasteiger partial charge is 0.546 e. The molecular formula is C4H7N3OS2. The minimum absolute atomic E-state index is 0.617. The summed E-state index contributed by atoms with van der Waals surface area (Å²) in [6.07, 6.45) is 1.87. The summed E-state index contributed by atoms with van der Waals surface area (Å²) in [5.41, 5.74) is 0. The molecule has 0 saturated carbocycles. The van der Waals surface area contributed by atoms with E-state index in [2.05, 4.69) is 14.1 Å². The molecule has 56 valence electrons. The highest BCUT2D eigenvalue weighted by Gasteiger charge is 2.11. The number of hydrogen-bond acceptors (Lipinski definition) is 5. The maximum absolute atomic E-state index is 10.7. The van der Waals surface area contributed by atoms with Gasteiger partial charge in [0.2, 0.25) is 10.8 Å². The molecule has 0 bridgehead atoms. The van der Waals surface area contributed by atoms with Crippen LogP contribution in [0, 0.1) is 0 Å². The molecule has 1 N–H and O–H groups in total. The van der Waals surface area contributed by atoms with Gasteiger partial charge in [-0.25, -0.2) is 0 Å². The lowest BCUT2D eigenvalue weighted by molar-refractivity contribution is 0.584. The van der Waals surface area contributed by atoms with Crippen LogP contribution in [0.3, 0.4) is 0 Å². The molecule has 0 amide bonds. The number of thioether (sulfide) groups is 1. The number of aromatic nitrogens is 2. The summed E-state index contributed by atoms with van der Waals surface area (Å²) in [6.45, 7) is 0. The van der Waals surface area contributed by atoms with Crippen LogP contribution in [0.25, 0.3) is 0 Å². The highest BCUT2D eigenvalue weighted by molar-refractivity contribution is 7.98. The quantitative estimate of drug-likeness (QED) is 0.538. The number of nitrogens with zero attached hydrogens (tertiary/aromatic N) is 2. The molecule has 0 fully saturated rings. The van der Waals surface area contributed by atoms with E-state index in [0.29, 0.717) is 10.8 Å². The fourth-order valence-corrected chi connectivity index (χ4v) is 2.03. The van der Waals surface area contributed by atoms with Crippen LogP contribution in [0.1, 0.15) is 0 Å². The standard InChI is InChI=1S/C4H7N3OS2/c1-5-3-4(9-2)7-10(8)6-3/h1-2H3,(H,5,6). The molecule has 0 aromatic carbocycles. The second-order valence-electron chi connectivity index (χ2n) is 1.52. The molecule has 6 heteroatoms. The fraction of sp³-hybridized carbons (Fsp3) is 0.500. The number of rotatable bonds is 2. The lowest BCUT2D eigenvalue weighted by Gasteiger charge is -1.88. The van der Waals surface area contributed by atoms with Gasteiger partial charge in [-0.15, -0.1) is 11.8 Å². The zero-order valence-electron chi connectivity index (χ0n) is 5.62. The van der Waals surface area contributed by atoms with Crippen molar-refractivity contribution in [2.24, 2.45) is 0 Å². The predicted octanol–water partition coefficient (Wildman–Crippen LogP) is 0.968. The first-order valence-corrected chi connectivity index (χ1v) is 4.88. The SMILES string of the molecule is CNc1n[s+]([O-])nc1SC. The van der Waals surface area contributed by atoms with Crippen molar-refractivity contribution >= 4 is 28.7 Å². The summed E-state index contributed by atoms with van der Waals surface area (Å²) < 4.78 is 18.1.